The molecular weight excluding hydrogens is 388 g/mol. The second-order valence-electron chi connectivity index (χ2n) is 7.95. The lowest BCUT2D eigenvalue weighted by molar-refractivity contribution is 0.0784. The van der Waals surface area contributed by atoms with Gasteiger partial charge in [-0.3, -0.25) is 4.79 Å². The fourth-order valence-electron chi connectivity index (χ4n) is 4.16. The summed E-state index contributed by atoms with van der Waals surface area (Å²) in [4.78, 5) is 19.1. The van der Waals surface area contributed by atoms with E-state index >= 15 is 0 Å². The number of aryl methyl sites for hydroxylation is 2. The van der Waals surface area contributed by atoms with Crippen LogP contribution < -0.4 is 0 Å². The predicted octanol–water partition coefficient (Wildman–Crippen LogP) is 4.10. The van der Waals surface area contributed by atoms with Gasteiger partial charge in [0, 0.05) is 50.7 Å². The van der Waals surface area contributed by atoms with Crippen LogP contribution >= 0.6 is 11.6 Å². The van der Waals surface area contributed by atoms with Gasteiger partial charge in [0.25, 0.3) is 5.91 Å². The fourth-order valence-corrected chi connectivity index (χ4v) is 4.34. The highest BCUT2D eigenvalue weighted by molar-refractivity contribution is 6.29. The third-order valence-corrected chi connectivity index (χ3v) is 6.25. The van der Waals surface area contributed by atoms with Crippen molar-refractivity contribution in [3.63, 3.8) is 0 Å². The molecule has 0 aliphatic carbocycles. The Morgan fingerprint density at radius 1 is 1.34 bits per heavy atom. The summed E-state index contributed by atoms with van der Waals surface area (Å²) in [5.41, 5.74) is 5.82. The first-order valence-corrected chi connectivity index (χ1v) is 10.4. The molecule has 29 heavy (non-hydrogen) atoms. The Bertz CT molecular complexity index is 1060. The second-order valence-corrected chi connectivity index (χ2v) is 8.28. The molecule has 1 aliphatic heterocycles. The molecule has 3 heterocycles. The van der Waals surface area contributed by atoms with Crippen molar-refractivity contribution < 1.29 is 9.53 Å². The minimum absolute atomic E-state index is 0.0300. The molecule has 0 spiro atoms. The number of fused-ring (bicyclic) bond motifs is 1. The first kappa shape index (κ1) is 20.0. The van der Waals surface area contributed by atoms with E-state index in [0.29, 0.717) is 23.5 Å². The molecule has 6 nitrogen and oxygen atoms in total. The van der Waals surface area contributed by atoms with Crippen LogP contribution in [0.5, 0.6) is 0 Å². The lowest BCUT2D eigenvalue weighted by atomic mass is 10.1. The number of benzene rings is 1. The smallest absolute Gasteiger partial charge is 0.253 e. The summed E-state index contributed by atoms with van der Waals surface area (Å²) >= 11 is 6.09. The normalized spacial score (nSPS) is 16.7. The highest BCUT2D eigenvalue weighted by Crippen LogP contribution is 2.23. The van der Waals surface area contributed by atoms with Crippen molar-refractivity contribution in [3.8, 4) is 0 Å². The van der Waals surface area contributed by atoms with Crippen molar-refractivity contribution in [3.05, 3.63) is 52.1 Å². The highest BCUT2D eigenvalue weighted by atomic mass is 35.5. The molecule has 3 aromatic rings. The number of aromatic nitrogens is 3. The standard InChI is InChI=1S/C22H27ClN4O2/c1-14-10-17(15(2)27(14)13-18-6-5-9-29-18)12-25(3)21(28)16-7-8-20-19(11-16)24-22(23)26(20)4/h7-8,10-11,18H,5-6,9,12-13H2,1-4H3/t18-/m1/s1. The maximum absolute atomic E-state index is 13.0. The van der Waals surface area contributed by atoms with Crippen LogP contribution in [-0.4, -0.2) is 44.7 Å². The largest absolute Gasteiger partial charge is 0.376 e. The van der Waals surface area contributed by atoms with E-state index in [1.165, 1.54) is 17.0 Å². The van der Waals surface area contributed by atoms with Crippen molar-refractivity contribution >= 4 is 28.5 Å². The van der Waals surface area contributed by atoms with Gasteiger partial charge in [-0.25, -0.2) is 4.98 Å². The van der Waals surface area contributed by atoms with Crippen LogP contribution in [0.3, 0.4) is 0 Å². The molecule has 0 unspecified atom stereocenters. The van der Waals surface area contributed by atoms with Crippen LogP contribution in [0.2, 0.25) is 5.28 Å². The van der Waals surface area contributed by atoms with Crippen molar-refractivity contribution in [2.24, 2.45) is 7.05 Å². The fraction of sp³-hybridized carbons (Fsp3) is 0.455. The summed E-state index contributed by atoms with van der Waals surface area (Å²) in [5, 5.41) is 0.414. The number of amides is 1. The van der Waals surface area contributed by atoms with Crippen LogP contribution in [0.25, 0.3) is 11.0 Å². The molecule has 4 rings (SSSR count). The number of nitrogens with zero attached hydrogens (tertiary/aromatic N) is 4. The quantitative estimate of drug-likeness (QED) is 0.631. The third-order valence-electron chi connectivity index (χ3n) is 5.92. The number of imidazole rings is 1. The molecule has 0 saturated carbocycles. The number of halogens is 1. The third kappa shape index (κ3) is 3.79. The van der Waals surface area contributed by atoms with E-state index < -0.39 is 0 Å². The molecule has 1 atom stereocenters. The van der Waals surface area contributed by atoms with Gasteiger partial charge in [-0.2, -0.15) is 0 Å². The summed E-state index contributed by atoms with van der Waals surface area (Å²) in [6.07, 6.45) is 2.55. The summed E-state index contributed by atoms with van der Waals surface area (Å²) in [7, 11) is 3.70. The minimum atomic E-state index is -0.0300. The molecule has 0 radical (unpaired) electrons. The van der Waals surface area contributed by atoms with Gasteiger partial charge in [0.15, 0.2) is 0 Å². The van der Waals surface area contributed by atoms with Crippen molar-refractivity contribution in [1.82, 2.24) is 19.0 Å². The van der Waals surface area contributed by atoms with E-state index in [-0.39, 0.29) is 5.91 Å². The van der Waals surface area contributed by atoms with Gasteiger partial charge in [0.05, 0.1) is 17.1 Å². The number of hydrogen-bond acceptors (Lipinski definition) is 3. The molecule has 1 aromatic carbocycles. The lowest BCUT2D eigenvalue weighted by Crippen LogP contribution is -2.26. The Kier molecular flexibility index (Phi) is 5.40. The molecule has 1 saturated heterocycles. The molecule has 0 bridgehead atoms. The molecule has 1 aliphatic rings. The van der Waals surface area contributed by atoms with Gasteiger partial charge in [-0.15, -0.1) is 0 Å². The minimum Gasteiger partial charge on any atom is -0.376 e. The van der Waals surface area contributed by atoms with Gasteiger partial charge in [0.1, 0.15) is 0 Å². The zero-order valence-corrected chi connectivity index (χ0v) is 18.2. The molecule has 2 aromatic heterocycles. The van der Waals surface area contributed by atoms with Crippen LogP contribution in [0, 0.1) is 13.8 Å². The van der Waals surface area contributed by atoms with Crippen molar-refractivity contribution in [2.75, 3.05) is 13.7 Å². The van der Waals surface area contributed by atoms with Gasteiger partial charge >= 0.3 is 0 Å². The number of hydrogen-bond donors (Lipinski definition) is 0. The predicted molar refractivity (Wildman–Crippen MR) is 114 cm³/mol. The van der Waals surface area contributed by atoms with Crippen molar-refractivity contribution in [1.29, 1.82) is 0 Å². The number of carbonyl (C=O) groups excluding carboxylic acids is 1. The molecule has 0 N–H and O–H groups in total. The van der Waals surface area contributed by atoms with Gasteiger partial charge in [0.2, 0.25) is 5.28 Å². The average Bonchev–Trinajstić information content (AvgIpc) is 3.38. The molecule has 1 fully saturated rings. The van der Waals surface area contributed by atoms with Crippen LogP contribution in [0.4, 0.5) is 0 Å². The zero-order chi connectivity index (χ0) is 20.7. The van der Waals surface area contributed by atoms with E-state index in [0.717, 1.165) is 37.0 Å². The van der Waals surface area contributed by atoms with Crippen LogP contribution in [-0.2, 0) is 24.9 Å². The SMILES string of the molecule is Cc1cc(CN(C)C(=O)c2ccc3c(c2)nc(Cl)n3C)c(C)n1C[C@H]1CCCO1. The maximum atomic E-state index is 13.0. The Hall–Kier alpha value is -2.31. The Morgan fingerprint density at radius 3 is 2.86 bits per heavy atom. The van der Waals surface area contributed by atoms with Crippen LogP contribution in [0.15, 0.2) is 24.3 Å². The molecule has 7 heteroatoms. The van der Waals surface area contributed by atoms with E-state index in [1.807, 2.05) is 26.2 Å². The lowest BCUT2D eigenvalue weighted by Gasteiger charge is -2.18. The molecule has 154 valence electrons. The van der Waals surface area contributed by atoms with E-state index in [2.05, 4.69) is 29.5 Å². The average molecular weight is 415 g/mol. The number of ether oxygens (including phenoxy) is 1. The van der Waals surface area contributed by atoms with E-state index in [1.54, 1.807) is 15.5 Å². The van der Waals surface area contributed by atoms with Gasteiger partial charge < -0.3 is 18.8 Å². The van der Waals surface area contributed by atoms with Gasteiger partial charge in [-0.05, 0) is 68.1 Å². The first-order chi connectivity index (χ1) is 13.8. The maximum Gasteiger partial charge on any atom is 0.253 e. The second kappa shape index (κ2) is 7.84. The summed E-state index contributed by atoms with van der Waals surface area (Å²) in [5.74, 6) is -0.0300. The van der Waals surface area contributed by atoms with E-state index in [9.17, 15) is 4.79 Å². The summed E-state index contributed by atoms with van der Waals surface area (Å²) in [6, 6.07) is 7.71. The summed E-state index contributed by atoms with van der Waals surface area (Å²) < 4.78 is 9.91. The summed E-state index contributed by atoms with van der Waals surface area (Å²) in [6.45, 7) is 6.54. The number of rotatable bonds is 5. The van der Waals surface area contributed by atoms with Crippen molar-refractivity contribution in [2.45, 2.75) is 45.9 Å². The molecule has 1 amide bonds. The monoisotopic (exact) mass is 414 g/mol. The van der Waals surface area contributed by atoms with E-state index in [4.69, 9.17) is 16.3 Å². The Morgan fingerprint density at radius 2 is 2.14 bits per heavy atom. The molecular formula is C22H27ClN4O2. The van der Waals surface area contributed by atoms with Crippen LogP contribution in [0.1, 0.15) is 40.2 Å². The van der Waals surface area contributed by atoms with Gasteiger partial charge in [-0.1, -0.05) is 0 Å². The highest BCUT2D eigenvalue weighted by Gasteiger charge is 2.21. The zero-order valence-electron chi connectivity index (χ0n) is 17.4. The Labute approximate surface area is 176 Å². The topological polar surface area (TPSA) is 52.3 Å². The first-order valence-electron chi connectivity index (χ1n) is 10.00. The number of carbonyl (C=O) groups is 1. The Balaban J connectivity index is 1.51.